The minimum absolute atomic E-state index is 0. The first-order valence-electron chi connectivity index (χ1n) is 5.32. The molecule has 0 aliphatic carbocycles. The topological polar surface area (TPSA) is 0 Å². The van der Waals surface area contributed by atoms with E-state index in [1.54, 1.807) is 0 Å². The summed E-state index contributed by atoms with van der Waals surface area (Å²) in [6, 6.07) is 0. The second kappa shape index (κ2) is 7.01. The van der Waals surface area contributed by atoms with E-state index < -0.39 is 0 Å². The molecule has 0 aromatic carbocycles. The fourth-order valence-electron chi connectivity index (χ4n) is 1.35. The summed E-state index contributed by atoms with van der Waals surface area (Å²) in [5.41, 5.74) is 0. The molecule has 0 aliphatic heterocycles. The van der Waals surface area contributed by atoms with Gasteiger partial charge < -0.3 is 8.97 Å². The lowest BCUT2D eigenvalue weighted by Gasteiger charge is -2.25. The Bertz CT molecular complexity index is 117. The van der Waals surface area contributed by atoms with Gasteiger partial charge in [-0.1, -0.05) is 0 Å². The minimum Gasteiger partial charge on any atom is -0.331 e. The summed E-state index contributed by atoms with van der Waals surface area (Å²) in [5.74, 6) is 0. The Morgan fingerprint density at radius 2 is 0.857 bits per heavy atom. The van der Waals surface area contributed by atoms with Crippen LogP contribution in [0.15, 0.2) is 0 Å². The molecule has 88 valence electrons. The molecule has 0 aliphatic rings. The molecule has 3 heteroatoms. The van der Waals surface area contributed by atoms with Crippen LogP contribution in [0.5, 0.6) is 0 Å². The molecule has 0 saturated heterocycles. The molecule has 0 bridgehead atoms. The molecule has 0 aromatic rings. The normalized spacial score (nSPS) is 12.4. The van der Waals surface area contributed by atoms with Gasteiger partial charge in [0, 0.05) is 0 Å². The highest BCUT2D eigenvalue weighted by atomic mass is 127. The molecular weight excluding hydrogens is 287 g/mol. The largest absolute Gasteiger partial charge is 0.331 e. The van der Waals surface area contributed by atoms with E-state index in [9.17, 15) is 0 Å². The molecule has 14 heavy (non-hydrogen) atoms. The lowest BCUT2D eigenvalue weighted by molar-refractivity contribution is -0.872. The van der Waals surface area contributed by atoms with Gasteiger partial charge in [0.05, 0.1) is 55.4 Å². The van der Waals surface area contributed by atoms with Crippen LogP contribution in [-0.4, -0.2) is 64.3 Å². The number of hydrogen-bond donors (Lipinski definition) is 0. The van der Waals surface area contributed by atoms with E-state index in [0.29, 0.717) is 0 Å². The third kappa shape index (κ3) is 15.1. The van der Waals surface area contributed by atoms with Crippen molar-refractivity contribution in [2.45, 2.75) is 19.3 Å². The Labute approximate surface area is 107 Å². The lowest BCUT2D eigenvalue weighted by Crippen LogP contribution is -2.36. The Hall–Kier alpha value is 0.650. The molecule has 0 rings (SSSR count). The van der Waals surface area contributed by atoms with Crippen LogP contribution >= 0.6 is 24.0 Å². The van der Waals surface area contributed by atoms with Crippen LogP contribution < -0.4 is 0 Å². The molecule has 0 heterocycles. The van der Waals surface area contributed by atoms with E-state index in [4.69, 9.17) is 0 Å². The fraction of sp³-hybridized carbons (Fsp3) is 1.00. The van der Waals surface area contributed by atoms with E-state index in [2.05, 4.69) is 42.3 Å². The van der Waals surface area contributed by atoms with E-state index in [-0.39, 0.29) is 24.0 Å². The molecular formula is C11H29IN2+2. The van der Waals surface area contributed by atoms with Crippen LogP contribution in [0.3, 0.4) is 0 Å². The summed E-state index contributed by atoms with van der Waals surface area (Å²) in [6.45, 7) is 2.61. The van der Waals surface area contributed by atoms with Gasteiger partial charge in [0.25, 0.3) is 0 Å². The van der Waals surface area contributed by atoms with E-state index in [1.807, 2.05) is 0 Å². The highest BCUT2D eigenvalue weighted by Crippen LogP contribution is 2.03. The third-order valence-electron chi connectivity index (χ3n) is 2.16. The predicted molar refractivity (Wildman–Crippen MR) is 75.1 cm³/mol. The first kappa shape index (κ1) is 17.1. The molecule has 0 radical (unpaired) electrons. The van der Waals surface area contributed by atoms with Crippen molar-refractivity contribution in [3.05, 3.63) is 0 Å². The number of halogens is 1. The number of quaternary nitrogens is 2. The zero-order chi connectivity index (χ0) is 10.5. The van der Waals surface area contributed by atoms with Crippen LogP contribution in [0, 0.1) is 0 Å². The van der Waals surface area contributed by atoms with Crippen molar-refractivity contribution in [1.82, 2.24) is 0 Å². The summed E-state index contributed by atoms with van der Waals surface area (Å²) in [6.07, 6.45) is 4.11. The summed E-state index contributed by atoms with van der Waals surface area (Å²) in [4.78, 5) is 0. The van der Waals surface area contributed by atoms with Gasteiger partial charge >= 0.3 is 0 Å². The zero-order valence-electron chi connectivity index (χ0n) is 10.8. The van der Waals surface area contributed by atoms with Gasteiger partial charge in [-0.2, -0.15) is 0 Å². The number of nitrogens with zero attached hydrogens (tertiary/aromatic N) is 2. The lowest BCUT2D eigenvalue weighted by atomic mass is 10.2. The van der Waals surface area contributed by atoms with Crippen LogP contribution in [-0.2, 0) is 0 Å². The first-order chi connectivity index (χ1) is 5.71. The fourth-order valence-corrected chi connectivity index (χ4v) is 1.35. The van der Waals surface area contributed by atoms with Gasteiger partial charge in [0.15, 0.2) is 0 Å². The van der Waals surface area contributed by atoms with E-state index >= 15 is 0 Å². The summed E-state index contributed by atoms with van der Waals surface area (Å²) in [7, 11) is 13.6. The van der Waals surface area contributed by atoms with Crippen molar-refractivity contribution in [3.63, 3.8) is 0 Å². The Kier molecular flexibility index (Phi) is 8.54. The highest BCUT2D eigenvalue weighted by Gasteiger charge is 2.08. The van der Waals surface area contributed by atoms with Gasteiger partial charge in [-0.05, 0) is 19.3 Å². The number of hydrogen-bond acceptors (Lipinski definition) is 0. The SMILES string of the molecule is C[N+](C)(C)CCCCC[N+](C)(C)C.I. The van der Waals surface area contributed by atoms with Crippen molar-refractivity contribution in [2.24, 2.45) is 0 Å². The molecule has 0 unspecified atom stereocenters. The molecule has 0 spiro atoms. The molecule has 0 aromatic heterocycles. The number of rotatable bonds is 6. The van der Waals surface area contributed by atoms with Crippen molar-refractivity contribution in [2.75, 3.05) is 55.4 Å². The van der Waals surface area contributed by atoms with Crippen LogP contribution in [0.1, 0.15) is 19.3 Å². The van der Waals surface area contributed by atoms with Crippen molar-refractivity contribution in [1.29, 1.82) is 0 Å². The Balaban J connectivity index is 0. The van der Waals surface area contributed by atoms with Gasteiger partial charge in [-0.3, -0.25) is 0 Å². The third-order valence-corrected chi connectivity index (χ3v) is 2.16. The Morgan fingerprint density at radius 1 is 0.571 bits per heavy atom. The van der Waals surface area contributed by atoms with Crippen LogP contribution in [0.25, 0.3) is 0 Å². The molecule has 2 nitrogen and oxygen atoms in total. The van der Waals surface area contributed by atoms with E-state index in [0.717, 1.165) is 8.97 Å². The molecule has 0 saturated carbocycles. The first-order valence-corrected chi connectivity index (χ1v) is 5.32. The van der Waals surface area contributed by atoms with Gasteiger partial charge in [-0.15, -0.1) is 24.0 Å². The average molecular weight is 316 g/mol. The zero-order valence-corrected chi connectivity index (χ0v) is 13.2. The second-order valence-corrected chi connectivity index (χ2v) is 6.09. The van der Waals surface area contributed by atoms with Crippen LogP contribution in [0.4, 0.5) is 0 Å². The smallest absolute Gasteiger partial charge is 0.0780 e. The van der Waals surface area contributed by atoms with Crippen LogP contribution in [0.2, 0.25) is 0 Å². The second-order valence-electron chi connectivity index (χ2n) is 6.09. The van der Waals surface area contributed by atoms with Gasteiger partial charge in [0.1, 0.15) is 0 Å². The predicted octanol–water partition coefficient (Wildman–Crippen LogP) is 2.19. The van der Waals surface area contributed by atoms with Crippen molar-refractivity contribution >= 4 is 24.0 Å². The van der Waals surface area contributed by atoms with Crippen molar-refractivity contribution < 1.29 is 8.97 Å². The summed E-state index contributed by atoms with van der Waals surface area (Å²) >= 11 is 0. The summed E-state index contributed by atoms with van der Waals surface area (Å²) < 4.78 is 2.20. The molecule has 0 atom stereocenters. The molecule has 0 fully saturated rings. The van der Waals surface area contributed by atoms with Gasteiger partial charge in [-0.25, -0.2) is 0 Å². The Morgan fingerprint density at radius 3 is 1.07 bits per heavy atom. The quantitative estimate of drug-likeness (QED) is 0.400. The molecule has 0 amide bonds. The minimum atomic E-state index is 0. The highest BCUT2D eigenvalue weighted by molar-refractivity contribution is 14.0. The number of unbranched alkanes of at least 4 members (excludes halogenated alkanes) is 2. The monoisotopic (exact) mass is 316 g/mol. The summed E-state index contributed by atoms with van der Waals surface area (Å²) in [5, 5.41) is 0. The van der Waals surface area contributed by atoms with Gasteiger partial charge in [0.2, 0.25) is 0 Å². The average Bonchev–Trinajstić information content (AvgIpc) is 1.81. The van der Waals surface area contributed by atoms with E-state index in [1.165, 1.54) is 32.4 Å². The maximum absolute atomic E-state index is 2.26. The maximum atomic E-state index is 2.26. The standard InChI is InChI=1S/C11H28N2.HI/c1-12(2,3)10-8-7-9-11-13(4,5)6;/h7-11H2,1-6H3;1H/q+2;. The van der Waals surface area contributed by atoms with Crippen molar-refractivity contribution in [3.8, 4) is 0 Å². The maximum Gasteiger partial charge on any atom is 0.0780 e. The molecule has 0 N–H and O–H groups in total.